The minimum absolute atomic E-state index is 0.0386. The summed E-state index contributed by atoms with van der Waals surface area (Å²) in [4.78, 5) is 28.8. The van der Waals surface area contributed by atoms with E-state index in [0.29, 0.717) is 36.4 Å². The Hall–Kier alpha value is -4.47. The zero-order valence-electron chi connectivity index (χ0n) is 25.0. The zero-order valence-corrected chi connectivity index (χ0v) is 25.8. The van der Waals surface area contributed by atoms with E-state index in [2.05, 4.69) is 5.32 Å². The molecule has 2 amide bonds. The molecular formula is C35H37N3O5S. The Morgan fingerprint density at radius 3 is 2.20 bits per heavy atom. The molecule has 5 rings (SSSR count). The summed E-state index contributed by atoms with van der Waals surface area (Å²) in [6.45, 7) is 3.69. The summed E-state index contributed by atoms with van der Waals surface area (Å²) in [7, 11) is -4.03. The molecule has 0 unspecified atom stereocenters. The van der Waals surface area contributed by atoms with E-state index in [0.717, 1.165) is 16.7 Å². The van der Waals surface area contributed by atoms with E-state index in [9.17, 15) is 18.0 Å². The molecule has 0 saturated heterocycles. The molecule has 1 aliphatic rings. The van der Waals surface area contributed by atoms with E-state index < -0.39 is 22.0 Å². The van der Waals surface area contributed by atoms with Crippen LogP contribution in [0.25, 0.3) is 0 Å². The van der Waals surface area contributed by atoms with Gasteiger partial charge >= 0.3 is 0 Å². The van der Waals surface area contributed by atoms with E-state index in [-0.39, 0.29) is 30.4 Å². The number of hydrogen-bond acceptors (Lipinski definition) is 5. The molecule has 0 radical (unpaired) electrons. The number of rotatable bonds is 11. The molecule has 0 saturated carbocycles. The molecule has 1 atom stereocenters. The fourth-order valence-electron chi connectivity index (χ4n) is 5.24. The van der Waals surface area contributed by atoms with E-state index in [4.69, 9.17) is 4.74 Å². The van der Waals surface area contributed by atoms with Crippen molar-refractivity contribution < 1.29 is 22.7 Å². The summed E-state index contributed by atoms with van der Waals surface area (Å²) in [5.41, 5.74) is 3.98. The lowest BCUT2D eigenvalue weighted by molar-refractivity contribution is -0.128. The lowest BCUT2D eigenvalue weighted by atomic mass is 10.1. The third-order valence-corrected chi connectivity index (χ3v) is 9.68. The number of amides is 2. The first-order valence-corrected chi connectivity index (χ1v) is 16.2. The second-order valence-electron chi connectivity index (χ2n) is 10.9. The molecule has 9 heteroatoms. The molecule has 4 aromatic rings. The molecule has 44 heavy (non-hydrogen) atoms. The highest BCUT2D eigenvalue weighted by Crippen LogP contribution is 2.33. The van der Waals surface area contributed by atoms with Crippen LogP contribution in [0.2, 0.25) is 0 Å². The number of anilines is 1. The molecule has 0 aromatic heterocycles. The molecule has 1 N–H and O–H groups in total. The molecule has 0 aliphatic carbocycles. The molecule has 4 aromatic carbocycles. The number of benzene rings is 4. The van der Waals surface area contributed by atoms with Crippen molar-refractivity contribution in [2.45, 2.75) is 37.7 Å². The van der Waals surface area contributed by atoms with Crippen molar-refractivity contribution in [1.82, 2.24) is 9.62 Å². The van der Waals surface area contributed by atoms with Crippen molar-refractivity contribution in [3.63, 3.8) is 0 Å². The second kappa shape index (κ2) is 13.9. The van der Waals surface area contributed by atoms with Gasteiger partial charge in [-0.15, -0.1) is 0 Å². The first kappa shape index (κ1) is 31.0. The monoisotopic (exact) mass is 611 g/mol. The van der Waals surface area contributed by atoms with Crippen molar-refractivity contribution >= 4 is 27.5 Å². The average molecular weight is 612 g/mol. The number of fused-ring (bicyclic) bond motifs is 1. The number of sulfonamides is 1. The van der Waals surface area contributed by atoms with Gasteiger partial charge in [-0.2, -0.15) is 4.31 Å². The number of nitrogens with one attached hydrogen (secondary N) is 1. The van der Waals surface area contributed by atoms with Crippen LogP contribution in [0.3, 0.4) is 0 Å². The third kappa shape index (κ3) is 7.35. The summed E-state index contributed by atoms with van der Waals surface area (Å²) in [5.74, 6) is -0.384. The van der Waals surface area contributed by atoms with Gasteiger partial charge in [0.05, 0.1) is 23.7 Å². The van der Waals surface area contributed by atoms with Crippen molar-refractivity contribution in [2.24, 2.45) is 0 Å². The largest absolute Gasteiger partial charge is 0.477 e. The van der Waals surface area contributed by atoms with E-state index >= 15 is 0 Å². The lowest BCUT2D eigenvalue weighted by Crippen LogP contribution is -2.53. The van der Waals surface area contributed by atoms with Gasteiger partial charge in [0.2, 0.25) is 15.9 Å². The van der Waals surface area contributed by atoms with Gasteiger partial charge in [-0.25, -0.2) is 8.42 Å². The second-order valence-corrected chi connectivity index (χ2v) is 12.9. The zero-order chi connectivity index (χ0) is 31.1. The Kier molecular flexibility index (Phi) is 9.77. The fraction of sp³-hybridized carbons (Fsp3) is 0.257. The standard InChI is InChI=1S/C35H37N3O5S/c1-26-17-18-27(2)33(23-26)44(41,42)37(22-20-29-13-7-4-8-14-29)25-34(39)38-24-32(43-31-16-10-9-15-30(31)38)35(40)36-21-19-28-11-5-3-6-12-28/h3-18,23,32H,19-22,24-25H2,1-2H3,(H,36,40)/t32-/m0/s1. The predicted molar refractivity (Wildman–Crippen MR) is 171 cm³/mol. The van der Waals surface area contributed by atoms with Crippen LogP contribution < -0.4 is 15.0 Å². The molecule has 228 valence electrons. The Morgan fingerprint density at radius 1 is 0.864 bits per heavy atom. The van der Waals surface area contributed by atoms with Crippen molar-refractivity contribution in [1.29, 1.82) is 0 Å². The van der Waals surface area contributed by atoms with Gasteiger partial charge in [0.25, 0.3) is 5.91 Å². The maximum atomic E-state index is 14.1. The number of aryl methyl sites for hydroxylation is 2. The van der Waals surface area contributed by atoms with Gasteiger partial charge < -0.3 is 15.0 Å². The highest BCUT2D eigenvalue weighted by molar-refractivity contribution is 7.89. The van der Waals surface area contributed by atoms with Gasteiger partial charge in [0, 0.05) is 13.1 Å². The van der Waals surface area contributed by atoms with Gasteiger partial charge in [0.15, 0.2) is 6.10 Å². The molecule has 0 bridgehead atoms. The first-order chi connectivity index (χ1) is 21.2. The maximum absolute atomic E-state index is 14.1. The normalized spacial score (nSPS) is 14.5. The van der Waals surface area contributed by atoms with Crippen LogP contribution in [0.5, 0.6) is 5.75 Å². The van der Waals surface area contributed by atoms with Gasteiger partial charge in [-0.1, -0.05) is 84.9 Å². The SMILES string of the molecule is Cc1ccc(C)c(S(=O)(=O)N(CCc2ccccc2)CC(=O)N2C[C@@H](C(=O)NCCc3ccccc3)Oc3ccccc32)c1. The molecule has 1 heterocycles. The van der Waals surface area contributed by atoms with Gasteiger partial charge in [-0.3, -0.25) is 9.59 Å². The van der Waals surface area contributed by atoms with Crippen molar-refractivity contribution in [3.05, 3.63) is 125 Å². The van der Waals surface area contributed by atoms with Crippen LogP contribution in [0.15, 0.2) is 108 Å². The molecule has 0 spiro atoms. The number of nitrogens with zero attached hydrogens (tertiary/aromatic N) is 2. The van der Waals surface area contributed by atoms with E-state index in [1.54, 1.807) is 43.3 Å². The topological polar surface area (TPSA) is 96.0 Å². The number of carbonyl (C=O) groups is 2. The third-order valence-electron chi connectivity index (χ3n) is 7.69. The van der Waals surface area contributed by atoms with Crippen molar-refractivity contribution in [2.75, 3.05) is 31.1 Å². The Morgan fingerprint density at radius 2 is 1.50 bits per heavy atom. The predicted octanol–water partition coefficient (Wildman–Crippen LogP) is 4.69. The highest BCUT2D eigenvalue weighted by Gasteiger charge is 2.36. The van der Waals surface area contributed by atoms with Crippen LogP contribution in [-0.4, -0.2) is 56.8 Å². The minimum atomic E-state index is -4.03. The van der Waals surface area contributed by atoms with Crippen LogP contribution >= 0.6 is 0 Å². The summed E-state index contributed by atoms with van der Waals surface area (Å²) in [5, 5.41) is 2.92. The molecule has 8 nitrogen and oxygen atoms in total. The summed E-state index contributed by atoms with van der Waals surface area (Å²) >= 11 is 0. The van der Waals surface area contributed by atoms with Gasteiger partial charge in [0.1, 0.15) is 5.75 Å². The molecule has 0 fully saturated rings. The quantitative estimate of drug-likeness (QED) is 0.266. The van der Waals surface area contributed by atoms with E-state index in [1.807, 2.05) is 73.7 Å². The molecular weight excluding hydrogens is 574 g/mol. The van der Waals surface area contributed by atoms with Crippen LogP contribution in [0, 0.1) is 13.8 Å². The van der Waals surface area contributed by atoms with Crippen LogP contribution in [0.1, 0.15) is 22.3 Å². The fourth-order valence-corrected chi connectivity index (χ4v) is 6.94. The van der Waals surface area contributed by atoms with Crippen LogP contribution in [0.4, 0.5) is 5.69 Å². The van der Waals surface area contributed by atoms with Crippen LogP contribution in [-0.2, 0) is 32.5 Å². The highest BCUT2D eigenvalue weighted by atomic mass is 32.2. The number of hydrogen-bond donors (Lipinski definition) is 1. The average Bonchev–Trinajstić information content (AvgIpc) is 3.04. The first-order valence-electron chi connectivity index (χ1n) is 14.7. The lowest BCUT2D eigenvalue weighted by Gasteiger charge is -2.35. The number of ether oxygens (including phenoxy) is 1. The summed E-state index contributed by atoms with van der Waals surface area (Å²) in [6, 6.07) is 31.7. The maximum Gasteiger partial charge on any atom is 0.262 e. The van der Waals surface area contributed by atoms with Gasteiger partial charge in [-0.05, 0) is 67.1 Å². The Bertz CT molecular complexity index is 1710. The summed E-state index contributed by atoms with van der Waals surface area (Å²) < 4.78 is 35.4. The Labute approximate surface area is 259 Å². The Balaban J connectivity index is 1.37. The smallest absolute Gasteiger partial charge is 0.262 e. The minimum Gasteiger partial charge on any atom is -0.477 e. The van der Waals surface area contributed by atoms with Crippen molar-refractivity contribution in [3.8, 4) is 5.75 Å². The number of carbonyl (C=O) groups excluding carboxylic acids is 2. The molecule has 1 aliphatic heterocycles. The number of para-hydroxylation sites is 2. The summed E-state index contributed by atoms with van der Waals surface area (Å²) in [6.07, 6.45) is 0.146. The van der Waals surface area contributed by atoms with E-state index in [1.165, 1.54) is 9.21 Å².